The molecule has 0 spiro atoms. The largest absolute Gasteiger partial charge is 0.478 e. The van der Waals surface area contributed by atoms with Crippen LogP contribution < -0.4 is 10.6 Å². The number of rotatable bonds is 9. The monoisotopic (exact) mass is 430 g/mol. The van der Waals surface area contributed by atoms with Crippen LogP contribution in [0.15, 0.2) is 24.3 Å². The molecule has 0 saturated carbocycles. The summed E-state index contributed by atoms with van der Waals surface area (Å²) in [6.07, 6.45) is 0. The van der Waals surface area contributed by atoms with Gasteiger partial charge in [0.05, 0.1) is 17.7 Å². The Hall–Kier alpha value is -3.46. The van der Waals surface area contributed by atoms with Gasteiger partial charge in [0.15, 0.2) is 0 Å². The first-order valence-electron chi connectivity index (χ1n) is 9.75. The number of carboxylic acid groups (broad SMARTS) is 2. The van der Waals surface area contributed by atoms with E-state index in [0.717, 1.165) is 12.1 Å². The minimum Gasteiger partial charge on any atom is -0.478 e. The Morgan fingerprint density at radius 2 is 1.26 bits per heavy atom. The van der Waals surface area contributed by atoms with Crippen molar-refractivity contribution in [3.05, 3.63) is 46.5 Å². The summed E-state index contributed by atoms with van der Waals surface area (Å²) < 4.78 is 5.52. The molecule has 31 heavy (non-hydrogen) atoms. The van der Waals surface area contributed by atoms with E-state index in [1.54, 1.807) is 6.92 Å². The third-order valence-electron chi connectivity index (χ3n) is 4.53. The summed E-state index contributed by atoms with van der Waals surface area (Å²) in [5, 5.41) is 24.2. The summed E-state index contributed by atoms with van der Waals surface area (Å²) in [4.78, 5) is 49.0. The van der Waals surface area contributed by atoms with Crippen molar-refractivity contribution in [2.24, 2.45) is 5.92 Å². The Kier molecular flexibility index (Phi) is 7.71. The van der Waals surface area contributed by atoms with Crippen LogP contribution in [0.2, 0.25) is 0 Å². The highest BCUT2D eigenvalue weighted by atomic mass is 16.5. The second-order valence-corrected chi connectivity index (χ2v) is 7.57. The van der Waals surface area contributed by atoms with E-state index in [0.29, 0.717) is 12.5 Å². The molecule has 0 heterocycles. The molecule has 0 saturated heterocycles. The van der Waals surface area contributed by atoms with E-state index in [2.05, 4.69) is 10.6 Å². The van der Waals surface area contributed by atoms with Gasteiger partial charge in [0.2, 0.25) is 0 Å². The predicted octanol–water partition coefficient (Wildman–Crippen LogP) is 2.39. The predicted molar refractivity (Wildman–Crippen MR) is 114 cm³/mol. The van der Waals surface area contributed by atoms with Gasteiger partial charge >= 0.3 is 11.9 Å². The molecule has 0 radical (unpaired) electrons. The van der Waals surface area contributed by atoms with Crippen molar-refractivity contribution in [3.63, 3.8) is 0 Å². The molecular weight excluding hydrogens is 404 g/mol. The van der Waals surface area contributed by atoms with Crippen LogP contribution in [0, 0.1) is 5.92 Å². The number of carbonyl (C=O) groups is 4. The van der Waals surface area contributed by atoms with Crippen molar-refractivity contribution < 1.29 is 34.1 Å². The van der Waals surface area contributed by atoms with Gasteiger partial charge in [0.1, 0.15) is 0 Å². The molecule has 1 unspecified atom stereocenters. The number of amides is 2. The molecule has 1 atom stereocenters. The minimum atomic E-state index is -1.35. The van der Waals surface area contributed by atoms with Gasteiger partial charge in [0.25, 0.3) is 11.8 Å². The average Bonchev–Trinajstić information content (AvgIpc) is 2.70. The van der Waals surface area contributed by atoms with Gasteiger partial charge in [-0.05, 0) is 37.1 Å². The molecule has 166 valence electrons. The van der Waals surface area contributed by atoms with Gasteiger partial charge in [-0.25, -0.2) is 9.59 Å². The summed E-state index contributed by atoms with van der Waals surface area (Å²) in [6.45, 7) is 6.51. The van der Waals surface area contributed by atoms with Crippen LogP contribution >= 0.6 is 0 Å². The fourth-order valence-corrected chi connectivity index (χ4v) is 3.19. The normalized spacial score (nSPS) is 11.9. The first-order valence-corrected chi connectivity index (χ1v) is 9.75. The number of carboxylic acids is 2. The minimum absolute atomic E-state index is 0.0390. The zero-order valence-electron chi connectivity index (χ0n) is 17.8. The molecule has 9 nitrogen and oxygen atoms in total. The van der Waals surface area contributed by atoms with Gasteiger partial charge in [-0.1, -0.05) is 13.8 Å². The van der Waals surface area contributed by atoms with Gasteiger partial charge in [-0.3, -0.25) is 9.59 Å². The summed E-state index contributed by atoms with van der Waals surface area (Å²) in [5.74, 6) is -3.56. The average molecular weight is 430 g/mol. The topological polar surface area (TPSA) is 142 Å². The molecule has 0 fully saturated rings. The smallest absolute Gasteiger partial charge is 0.336 e. The Bertz CT molecular complexity index is 1030. The number of carbonyl (C=O) groups excluding carboxylic acids is 2. The lowest BCUT2D eigenvalue weighted by atomic mass is 9.91. The van der Waals surface area contributed by atoms with E-state index in [4.69, 9.17) is 4.74 Å². The molecule has 9 heteroatoms. The maximum Gasteiger partial charge on any atom is 0.336 e. The first kappa shape index (κ1) is 23.8. The molecule has 2 rings (SSSR count). The number of benzene rings is 2. The van der Waals surface area contributed by atoms with E-state index < -0.39 is 23.8 Å². The van der Waals surface area contributed by atoms with Crippen molar-refractivity contribution in [1.29, 1.82) is 0 Å². The molecule has 2 amide bonds. The molecule has 0 aliphatic rings. The number of nitrogens with one attached hydrogen (secondary N) is 2. The zero-order chi connectivity index (χ0) is 23.3. The molecule has 2 aromatic carbocycles. The van der Waals surface area contributed by atoms with Gasteiger partial charge in [-0.2, -0.15) is 0 Å². The zero-order valence-corrected chi connectivity index (χ0v) is 17.8. The Morgan fingerprint density at radius 1 is 0.806 bits per heavy atom. The van der Waals surface area contributed by atoms with E-state index >= 15 is 0 Å². The van der Waals surface area contributed by atoms with Crippen molar-refractivity contribution in [2.75, 3.05) is 20.3 Å². The molecular formula is C22H26N2O7. The number of hydrogen-bond donors (Lipinski definition) is 4. The second-order valence-electron chi connectivity index (χ2n) is 7.57. The fraction of sp³-hybridized carbons (Fsp3) is 0.364. The fourth-order valence-electron chi connectivity index (χ4n) is 3.19. The summed E-state index contributed by atoms with van der Waals surface area (Å²) in [5.41, 5.74) is -0.636. The number of ether oxygens (including phenoxy) is 1. The van der Waals surface area contributed by atoms with Gasteiger partial charge in [-0.15, -0.1) is 0 Å². The van der Waals surface area contributed by atoms with E-state index in [-0.39, 0.29) is 45.7 Å². The maximum atomic E-state index is 13.0. The van der Waals surface area contributed by atoms with E-state index in [9.17, 15) is 29.4 Å². The standard InChI is InChI=1S/C22H26N2O7/c1-11(2)9-31-10-12(3)24-20(26)14-6-5-13(19(25)23-4)17-15(21(27)28)7-8-16(18(14)17)22(29)30/h5-8,11-12H,9-10H2,1-4H3,(H,23,25)(H,24,26)(H,27,28)(H,29,30). The van der Waals surface area contributed by atoms with Crippen LogP contribution in [-0.2, 0) is 4.74 Å². The quantitative estimate of drug-likeness (QED) is 0.478. The molecule has 0 bridgehead atoms. The molecule has 0 aliphatic heterocycles. The second kappa shape index (κ2) is 10.0. The van der Waals surface area contributed by atoms with Gasteiger partial charge < -0.3 is 25.6 Å². The van der Waals surface area contributed by atoms with Gasteiger partial charge in [0, 0.05) is 41.6 Å². The third-order valence-corrected chi connectivity index (χ3v) is 4.53. The van der Waals surface area contributed by atoms with Crippen molar-refractivity contribution in [3.8, 4) is 0 Å². The van der Waals surface area contributed by atoms with Crippen molar-refractivity contribution >= 4 is 34.5 Å². The Labute approximate surface area is 179 Å². The van der Waals surface area contributed by atoms with Crippen LogP contribution in [0.5, 0.6) is 0 Å². The lowest BCUT2D eigenvalue weighted by molar-refractivity contribution is 0.0684. The SMILES string of the molecule is CNC(=O)c1ccc(C(=O)NC(C)COCC(C)C)c2c(C(=O)O)ccc(C(=O)O)c12. The Morgan fingerprint density at radius 3 is 1.68 bits per heavy atom. The van der Waals surface area contributed by atoms with E-state index in [1.807, 2.05) is 13.8 Å². The lowest BCUT2D eigenvalue weighted by Gasteiger charge is -2.18. The molecule has 2 aromatic rings. The maximum absolute atomic E-state index is 13.0. The first-order chi connectivity index (χ1) is 14.6. The van der Waals surface area contributed by atoms with Crippen LogP contribution in [0.3, 0.4) is 0 Å². The number of hydrogen-bond acceptors (Lipinski definition) is 5. The molecule has 4 N–H and O–H groups in total. The highest BCUT2D eigenvalue weighted by Gasteiger charge is 2.25. The van der Waals surface area contributed by atoms with Crippen molar-refractivity contribution in [1.82, 2.24) is 10.6 Å². The van der Waals surface area contributed by atoms with E-state index in [1.165, 1.54) is 19.2 Å². The van der Waals surface area contributed by atoms with Crippen molar-refractivity contribution in [2.45, 2.75) is 26.8 Å². The number of fused-ring (bicyclic) bond motifs is 1. The van der Waals surface area contributed by atoms with Crippen LogP contribution in [0.4, 0.5) is 0 Å². The Balaban J connectivity index is 2.63. The van der Waals surface area contributed by atoms with Crippen LogP contribution in [0.1, 0.15) is 62.2 Å². The lowest BCUT2D eigenvalue weighted by Crippen LogP contribution is -2.36. The summed E-state index contributed by atoms with van der Waals surface area (Å²) >= 11 is 0. The highest BCUT2D eigenvalue weighted by Crippen LogP contribution is 2.30. The van der Waals surface area contributed by atoms with Crippen LogP contribution in [-0.4, -0.2) is 60.3 Å². The molecule has 0 aliphatic carbocycles. The highest BCUT2D eigenvalue weighted by molar-refractivity contribution is 6.23. The van der Waals surface area contributed by atoms with Crippen LogP contribution in [0.25, 0.3) is 10.8 Å². The summed E-state index contributed by atoms with van der Waals surface area (Å²) in [7, 11) is 1.37. The third kappa shape index (κ3) is 5.37. The molecule has 0 aromatic heterocycles. The summed E-state index contributed by atoms with van der Waals surface area (Å²) in [6, 6.07) is 4.49. The number of aromatic carboxylic acids is 2.